The second kappa shape index (κ2) is 3.15. The summed E-state index contributed by atoms with van der Waals surface area (Å²) in [4.78, 5) is 7.32. The Hall–Kier alpha value is -1.71. The fourth-order valence-electron chi connectivity index (χ4n) is 1.94. The van der Waals surface area contributed by atoms with Gasteiger partial charge in [0.15, 0.2) is 0 Å². The molecular weight excluding hydrogens is 188 g/mol. The van der Waals surface area contributed by atoms with E-state index in [9.17, 15) is 0 Å². The van der Waals surface area contributed by atoms with E-state index in [0.29, 0.717) is 6.04 Å². The molecule has 78 valence electrons. The van der Waals surface area contributed by atoms with Crippen molar-refractivity contribution in [2.75, 3.05) is 11.1 Å². The first-order valence-corrected chi connectivity index (χ1v) is 5.33. The molecule has 1 aliphatic carbocycles. The first kappa shape index (κ1) is 8.59. The molecule has 0 atom stereocenters. The van der Waals surface area contributed by atoms with Crippen molar-refractivity contribution in [1.29, 1.82) is 0 Å². The van der Waals surface area contributed by atoms with Gasteiger partial charge in [-0.25, -0.2) is 4.98 Å². The maximum Gasteiger partial charge on any atom is 0.139 e. The molecule has 15 heavy (non-hydrogen) atoms. The van der Waals surface area contributed by atoms with E-state index < -0.39 is 0 Å². The molecule has 0 saturated heterocycles. The van der Waals surface area contributed by atoms with Crippen LogP contribution in [0.3, 0.4) is 0 Å². The highest BCUT2D eigenvalue weighted by molar-refractivity contribution is 5.95. The summed E-state index contributed by atoms with van der Waals surface area (Å²) in [7, 11) is 0. The van der Waals surface area contributed by atoms with Gasteiger partial charge >= 0.3 is 0 Å². The zero-order valence-corrected chi connectivity index (χ0v) is 8.46. The molecule has 4 N–H and O–H groups in total. The van der Waals surface area contributed by atoms with Crippen molar-refractivity contribution in [2.45, 2.75) is 25.3 Å². The number of rotatable bonds is 2. The minimum atomic E-state index is 0.591. The van der Waals surface area contributed by atoms with Gasteiger partial charge in [-0.05, 0) is 25.3 Å². The number of pyridine rings is 1. The molecule has 0 bridgehead atoms. The summed E-state index contributed by atoms with van der Waals surface area (Å²) < 4.78 is 0. The zero-order chi connectivity index (χ0) is 10.3. The highest BCUT2D eigenvalue weighted by Crippen LogP contribution is 2.31. The molecule has 0 radical (unpaired) electrons. The Kier molecular flexibility index (Phi) is 1.80. The monoisotopic (exact) mass is 202 g/mol. The normalized spacial score (nSPS) is 16.5. The van der Waals surface area contributed by atoms with Crippen molar-refractivity contribution in [1.82, 2.24) is 9.97 Å². The van der Waals surface area contributed by atoms with E-state index in [-0.39, 0.29) is 0 Å². The van der Waals surface area contributed by atoms with Crippen LogP contribution in [0.15, 0.2) is 18.5 Å². The summed E-state index contributed by atoms with van der Waals surface area (Å²) in [5.74, 6) is 0. The molecule has 2 heterocycles. The standard InChI is InChI=1S/C11H14N4/c12-9-6-14-11-8(4-5-13-11)10(9)15-7-2-1-3-7/h4-7H,1-3,12H2,(H2,13,14,15). The van der Waals surface area contributed by atoms with E-state index in [1.807, 2.05) is 12.3 Å². The third-order valence-corrected chi connectivity index (χ3v) is 3.07. The number of nitrogens with two attached hydrogens (primary N) is 1. The first-order chi connectivity index (χ1) is 7.34. The number of nitrogen functional groups attached to an aromatic ring is 1. The second-order valence-corrected chi connectivity index (χ2v) is 4.10. The Balaban J connectivity index is 2.05. The van der Waals surface area contributed by atoms with Crippen LogP contribution < -0.4 is 11.1 Å². The highest BCUT2D eigenvalue weighted by atomic mass is 15.0. The predicted octanol–water partition coefficient (Wildman–Crippen LogP) is 2.11. The van der Waals surface area contributed by atoms with Crippen LogP contribution in [0.4, 0.5) is 11.4 Å². The van der Waals surface area contributed by atoms with Gasteiger partial charge in [0.2, 0.25) is 0 Å². The lowest BCUT2D eigenvalue weighted by Crippen LogP contribution is -2.27. The van der Waals surface area contributed by atoms with Crippen LogP contribution in [0.1, 0.15) is 19.3 Å². The number of hydrogen-bond acceptors (Lipinski definition) is 3. The number of nitrogens with zero attached hydrogens (tertiary/aromatic N) is 1. The van der Waals surface area contributed by atoms with E-state index in [4.69, 9.17) is 5.73 Å². The number of nitrogens with one attached hydrogen (secondary N) is 2. The van der Waals surface area contributed by atoms with E-state index in [1.54, 1.807) is 6.20 Å². The third-order valence-electron chi connectivity index (χ3n) is 3.07. The summed E-state index contributed by atoms with van der Waals surface area (Å²) in [6.45, 7) is 0. The van der Waals surface area contributed by atoms with Crippen LogP contribution >= 0.6 is 0 Å². The molecule has 0 aliphatic heterocycles. The Morgan fingerprint density at radius 2 is 2.33 bits per heavy atom. The minimum absolute atomic E-state index is 0.591. The van der Waals surface area contributed by atoms with Crippen molar-refractivity contribution in [3.05, 3.63) is 18.5 Å². The van der Waals surface area contributed by atoms with Gasteiger partial charge in [0, 0.05) is 17.6 Å². The molecule has 3 rings (SSSR count). The number of fused-ring (bicyclic) bond motifs is 1. The molecule has 0 unspecified atom stereocenters. The first-order valence-electron chi connectivity index (χ1n) is 5.33. The van der Waals surface area contributed by atoms with Crippen LogP contribution in [-0.2, 0) is 0 Å². The Morgan fingerprint density at radius 3 is 3.07 bits per heavy atom. The molecule has 0 aromatic carbocycles. The van der Waals surface area contributed by atoms with Gasteiger partial charge in [0.25, 0.3) is 0 Å². The molecule has 1 fully saturated rings. The van der Waals surface area contributed by atoms with Crippen LogP contribution in [-0.4, -0.2) is 16.0 Å². The summed E-state index contributed by atoms with van der Waals surface area (Å²) in [5, 5.41) is 4.58. The van der Waals surface area contributed by atoms with Crippen molar-refractivity contribution in [2.24, 2.45) is 0 Å². The quantitative estimate of drug-likeness (QED) is 0.698. The predicted molar refractivity (Wildman–Crippen MR) is 61.8 cm³/mol. The Bertz CT molecular complexity index is 484. The van der Waals surface area contributed by atoms with E-state index in [1.165, 1.54) is 19.3 Å². The van der Waals surface area contributed by atoms with E-state index in [2.05, 4.69) is 15.3 Å². The fraction of sp³-hybridized carbons (Fsp3) is 0.364. The lowest BCUT2D eigenvalue weighted by molar-refractivity contribution is 0.446. The second-order valence-electron chi connectivity index (χ2n) is 4.10. The Labute approximate surface area is 87.9 Å². The van der Waals surface area contributed by atoms with Crippen LogP contribution in [0, 0.1) is 0 Å². The van der Waals surface area contributed by atoms with Crippen molar-refractivity contribution in [3.63, 3.8) is 0 Å². The topological polar surface area (TPSA) is 66.7 Å². The number of hydrogen-bond donors (Lipinski definition) is 3. The maximum absolute atomic E-state index is 5.93. The average molecular weight is 202 g/mol. The number of aromatic nitrogens is 2. The summed E-state index contributed by atoms with van der Waals surface area (Å²) in [5.41, 5.74) is 8.59. The van der Waals surface area contributed by atoms with Gasteiger partial charge in [-0.2, -0.15) is 0 Å². The summed E-state index contributed by atoms with van der Waals surface area (Å²) in [6, 6.07) is 2.60. The SMILES string of the molecule is Nc1cnc2[nH]ccc2c1NC1CCC1. The molecule has 1 aliphatic rings. The summed E-state index contributed by atoms with van der Waals surface area (Å²) >= 11 is 0. The van der Waals surface area contributed by atoms with Gasteiger partial charge in [0.05, 0.1) is 17.6 Å². The molecule has 2 aromatic heterocycles. The fourth-order valence-corrected chi connectivity index (χ4v) is 1.94. The molecule has 4 nitrogen and oxygen atoms in total. The van der Waals surface area contributed by atoms with Gasteiger partial charge in [-0.15, -0.1) is 0 Å². The number of H-pyrrole nitrogens is 1. The van der Waals surface area contributed by atoms with Crippen LogP contribution in [0.25, 0.3) is 11.0 Å². The van der Waals surface area contributed by atoms with E-state index in [0.717, 1.165) is 22.4 Å². The van der Waals surface area contributed by atoms with Gasteiger partial charge in [-0.1, -0.05) is 0 Å². The maximum atomic E-state index is 5.93. The molecular formula is C11H14N4. The number of anilines is 2. The largest absolute Gasteiger partial charge is 0.396 e. The Morgan fingerprint density at radius 1 is 1.47 bits per heavy atom. The molecule has 0 amide bonds. The minimum Gasteiger partial charge on any atom is -0.396 e. The number of aromatic amines is 1. The van der Waals surface area contributed by atoms with Crippen LogP contribution in [0.5, 0.6) is 0 Å². The molecule has 1 saturated carbocycles. The zero-order valence-electron chi connectivity index (χ0n) is 8.46. The average Bonchev–Trinajstić information content (AvgIpc) is 2.61. The van der Waals surface area contributed by atoms with Crippen molar-refractivity contribution in [3.8, 4) is 0 Å². The van der Waals surface area contributed by atoms with Gasteiger partial charge in [-0.3, -0.25) is 0 Å². The third kappa shape index (κ3) is 1.33. The molecule has 0 spiro atoms. The lowest BCUT2D eigenvalue weighted by atomic mass is 9.93. The highest BCUT2D eigenvalue weighted by Gasteiger charge is 2.19. The smallest absolute Gasteiger partial charge is 0.139 e. The van der Waals surface area contributed by atoms with Crippen molar-refractivity contribution < 1.29 is 0 Å². The van der Waals surface area contributed by atoms with Gasteiger partial charge < -0.3 is 16.0 Å². The summed E-state index contributed by atoms with van der Waals surface area (Å²) in [6.07, 6.45) is 7.41. The molecule has 2 aromatic rings. The molecule has 4 heteroatoms. The van der Waals surface area contributed by atoms with Gasteiger partial charge in [0.1, 0.15) is 5.65 Å². The lowest BCUT2D eigenvalue weighted by Gasteiger charge is -2.28. The van der Waals surface area contributed by atoms with Crippen molar-refractivity contribution >= 4 is 22.4 Å². The van der Waals surface area contributed by atoms with Crippen LogP contribution in [0.2, 0.25) is 0 Å². The van der Waals surface area contributed by atoms with E-state index >= 15 is 0 Å².